The van der Waals surface area contributed by atoms with Gasteiger partial charge in [0.1, 0.15) is 23.2 Å². The van der Waals surface area contributed by atoms with Crippen molar-refractivity contribution in [3.05, 3.63) is 51.6 Å². The van der Waals surface area contributed by atoms with Gasteiger partial charge in [0.05, 0.1) is 47.7 Å². The maximum Gasteiger partial charge on any atom is 0.316 e. The van der Waals surface area contributed by atoms with Crippen LogP contribution in [0.2, 0.25) is 0 Å². The highest BCUT2D eigenvalue weighted by molar-refractivity contribution is 6.31. The summed E-state index contributed by atoms with van der Waals surface area (Å²) < 4.78 is 16.8. The normalized spacial score (nSPS) is 31.2. The van der Waals surface area contributed by atoms with Gasteiger partial charge in [-0.15, -0.1) is 0 Å². The van der Waals surface area contributed by atoms with Crippen LogP contribution in [-0.4, -0.2) is 80.3 Å². The van der Waals surface area contributed by atoms with Crippen molar-refractivity contribution in [2.45, 2.75) is 75.3 Å². The first-order valence-corrected chi connectivity index (χ1v) is 12.9. The van der Waals surface area contributed by atoms with E-state index in [9.17, 15) is 39.9 Å². The summed E-state index contributed by atoms with van der Waals surface area (Å²) in [5.74, 6) is -6.33. The summed E-state index contributed by atoms with van der Waals surface area (Å²) in [7, 11) is 1.09. The average molecular weight is 558 g/mol. The van der Waals surface area contributed by atoms with Crippen LogP contribution < -0.4 is 5.73 Å². The predicted octanol–water partition coefficient (Wildman–Crippen LogP) is 1.26. The molecule has 0 spiro atoms. The number of phenols is 3. The number of hydrogen-bond acceptors (Lipinski definition) is 12. The second-order valence-corrected chi connectivity index (χ2v) is 10.5. The zero-order chi connectivity index (χ0) is 29.3. The van der Waals surface area contributed by atoms with Gasteiger partial charge in [-0.25, -0.2) is 0 Å². The molecular weight excluding hydrogens is 526 g/mol. The van der Waals surface area contributed by atoms with Crippen LogP contribution in [0.4, 0.5) is 0 Å². The van der Waals surface area contributed by atoms with Crippen molar-refractivity contribution >= 4 is 17.5 Å². The number of rotatable bonds is 4. The third-order valence-corrected chi connectivity index (χ3v) is 8.29. The van der Waals surface area contributed by atoms with Crippen LogP contribution in [0.15, 0.2) is 18.2 Å². The Bertz CT molecular complexity index is 1410. The molecule has 214 valence electrons. The molecule has 1 fully saturated rings. The van der Waals surface area contributed by atoms with Crippen molar-refractivity contribution in [3.63, 3.8) is 0 Å². The largest absolute Gasteiger partial charge is 0.507 e. The molecule has 5 rings (SSSR count). The van der Waals surface area contributed by atoms with E-state index in [1.165, 1.54) is 18.2 Å². The van der Waals surface area contributed by atoms with Gasteiger partial charge in [-0.3, -0.25) is 14.4 Å². The van der Waals surface area contributed by atoms with Crippen molar-refractivity contribution in [1.82, 2.24) is 0 Å². The molecule has 2 aromatic carbocycles. The summed E-state index contributed by atoms with van der Waals surface area (Å²) in [6.45, 7) is 3.20. The highest BCUT2D eigenvalue weighted by Crippen LogP contribution is 2.57. The smallest absolute Gasteiger partial charge is 0.316 e. The van der Waals surface area contributed by atoms with Crippen LogP contribution in [0, 0.1) is 0 Å². The summed E-state index contributed by atoms with van der Waals surface area (Å²) in [5.41, 5.74) is 1.96. The standard InChI is InChI=1S/C28H31NO11/c1-4-28(37)9-14(40-15-8-12(29)22(31)10(2)39-15)17-18(21(28)27(36)38-3)26(35)19-20(25(17)34)24(33)16-11(23(19)32)6-5-7-13(16)30/h5-7,10,12,14-15,21-22,30-31,34-35,37H,4,8-9,29H2,1-3H3/t10-,12-,14-,15-,21?,22+,28+/m0/s1. The number of benzene rings is 2. The first-order valence-electron chi connectivity index (χ1n) is 12.9. The lowest BCUT2D eigenvalue weighted by Crippen LogP contribution is -2.52. The number of esters is 1. The Kier molecular flexibility index (Phi) is 6.87. The number of carbonyl (C=O) groups excluding carboxylic acids is 3. The maximum atomic E-state index is 13.6. The maximum absolute atomic E-state index is 13.6. The zero-order valence-electron chi connectivity index (χ0n) is 22.1. The fourth-order valence-corrected chi connectivity index (χ4v) is 6.13. The number of aromatic hydroxyl groups is 3. The molecule has 0 radical (unpaired) electrons. The van der Waals surface area contributed by atoms with Crippen molar-refractivity contribution < 1.29 is 54.1 Å². The van der Waals surface area contributed by atoms with Gasteiger partial charge in [0.25, 0.3) is 0 Å². The van der Waals surface area contributed by atoms with Crippen LogP contribution in [-0.2, 0) is 19.0 Å². The molecule has 1 saturated heterocycles. The molecule has 2 aliphatic carbocycles. The number of phenolic OH excluding ortho intramolecular Hbond substituents is 3. The van der Waals surface area contributed by atoms with E-state index in [1.807, 2.05) is 0 Å². The van der Waals surface area contributed by atoms with Crippen LogP contribution >= 0.6 is 0 Å². The Balaban J connectivity index is 1.76. The third kappa shape index (κ3) is 3.98. The Morgan fingerprint density at radius 1 is 1.10 bits per heavy atom. The first kappa shape index (κ1) is 28.0. The molecule has 1 unspecified atom stereocenters. The number of aliphatic hydroxyl groups excluding tert-OH is 1. The Hall–Kier alpha value is -3.55. The number of carbonyl (C=O) groups is 3. The van der Waals surface area contributed by atoms with Crippen molar-refractivity contribution in [1.29, 1.82) is 0 Å². The van der Waals surface area contributed by atoms with Crippen molar-refractivity contribution in [2.75, 3.05) is 7.11 Å². The van der Waals surface area contributed by atoms with Gasteiger partial charge in [-0.05, 0) is 19.4 Å². The summed E-state index contributed by atoms with van der Waals surface area (Å²) in [5, 5.41) is 55.4. The number of fused-ring (bicyclic) bond motifs is 3. The third-order valence-electron chi connectivity index (χ3n) is 8.29. The van der Waals surface area contributed by atoms with E-state index < -0.39 is 88.1 Å². The van der Waals surface area contributed by atoms with E-state index in [4.69, 9.17) is 19.9 Å². The lowest BCUT2D eigenvalue weighted by molar-refractivity contribution is -0.249. The zero-order valence-corrected chi connectivity index (χ0v) is 22.1. The molecule has 1 heterocycles. The number of ether oxygens (including phenoxy) is 3. The van der Waals surface area contributed by atoms with Gasteiger partial charge in [0.15, 0.2) is 12.1 Å². The summed E-state index contributed by atoms with van der Waals surface area (Å²) in [6, 6.07) is 3.14. The average Bonchev–Trinajstić information content (AvgIpc) is 2.91. The van der Waals surface area contributed by atoms with E-state index in [1.54, 1.807) is 13.8 Å². The molecule has 7 N–H and O–H groups in total. The minimum Gasteiger partial charge on any atom is -0.507 e. The molecule has 40 heavy (non-hydrogen) atoms. The minimum atomic E-state index is -1.87. The number of ketones is 2. The Morgan fingerprint density at radius 3 is 2.38 bits per heavy atom. The van der Waals surface area contributed by atoms with Gasteiger partial charge in [-0.2, -0.15) is 0 Å². The van der Waals surface area contributed by atoms with E-state index in [0.717, 1.165) is 7.11 Å². The fraction of sp³-hybridized carbons (Fsp3) is 0.464. The Morgan fingerprint density at radius 2 is 1.75 bits per heavy atom. The van der Waals surface area contributed by atoms with Crippen LogP contribution in [0.3, 0.4) is 0 Å². The van der Waals surface area contributed by atoms with Gasteiger partial charge in [0, 0.05) is 35.6 Å². The van der Waals surface area contributed by atoms with Crippen molar-refractivity contribution in [2.24, 2.45) is 5.73 Å². The van der Waals surface area contributed by atoms with Crippen LogP contribution in [0.25, 0.3) is 0 Å². The summed E-state index contributed by atoms with van der Waals surface area (Å²) in [6.07, 6.45) is -4.24. The molecule has 1 aliphatic heterocycles. The van der Waals surface area contributed by atoms with E-state index in [0.29, 0.717) is 0 Å². The van der Waals surface area contributed by atoms with E-state index >= 15 is 0 Å². The lowest BCUT2D eigenvalue weighted by atomic mass is 9.66. The fourth-order valence-electron chi connectivity index (χ4n) is 6.13. The summed E-state index contributed by atoms with van der Waals surface area (Å²) >= 11 is 0. The Labute approximate surface area is 228 Å². The monoisotopic (exact) mass is 557 g/mol. The highest BCUT2D eigenvalue weighted by Gasteiger charge is 2.54. The SMILES string of the molecule is CC[C@@]1(O)C[C@H](O[C@H]2C[C@H](N)[C@H](O)[C@H](C)O2)c2c(O)c3c(c(O)c2C1C(=O)OC)C(=O)c1cccc(O)c1C3=O. The molecule has 0 bridgehead atoms. The molecular formula is C28H31NO11. The number of hydrogen-bond donors (Lipinski definition) is 6. The van der Waals surface area contributed by atoms with Gasteiger partial charge >= 0.3 is 5.97 Å². The van der Waals surface area contributed by atoms with Crippen LogP contribution in [0.1, 0.15) is 88.1 Å². The first-order chi connectivity index (χ1) is 18.9. The number of nitrogens with two attached hydrogens (primary N) is 1. The predicted molar refractivity (Wildman–Crippen MR) is 136 cm³/mol. The molecule has 7 atom stereocenters. The molecule has 12 heteroatoms. The van der Waals surface area contributed by atoms with E-state index in [2.05, 4.69) is 0 Å². The second kappa shape index (κ2) is 9.82. The molecule has 12 nitrogen and oxygen atoms in total. The highest BCUT2D eigenvalue weighted by atomic mass is 16.7. The van der Waals surface area contributed by atoms with Gasteiger partial charge < -0.3 is 45.5 Å². The quantitative estimate of drug-likeness (QED) is 0.198. The van der Waals surface area contributed by atoms with Gasteiger partial charge in [-0.1, -0.05) is 19.1 Å². The molecule has 2 aromatic rings. The number of aliphatic hydroxyl groups is 2. The second-order valence-electron chi connectivity index (χ2n) is 10.5. The van der Waals surface area contributed by atoms with Crippen molar-refractivity contribution in [3.8, 4) is 17.2 Å². The van der Waals surface area contributed by atoms with Crippen LogP contribution in [0.5, 0.6) is 17.2 Å². The molecule has 0 aromatic heterocycles. The minimum absolute atomic E-state index is 0.0207. The topological polar surface area (TPSA) is 206 Å². The van der Waals surface area contributed by atoms with E-state index in [-0.39, 0.29) is 41.5 Å². The lowest BCUT2D eigenvalue weighted by Gasteiger charge is -2.45. The number of methoxy groups -OCH3 is 1. The molecule has 0 saturated carbocycles. The molecule has 0 amide bonds. The van der Waals surface area contributed by atoms with Gasteiger partial charge in [0.2, 0.25) is 5.78 Å². The summed E-state index contributed by atoms with van der Waals surface area (Å²) in [4.78, 5) is 40.2. The molecule has 3 aliphatic rings.